The first-order valence-electron chi connectivity index (χ1n) is 8.01. The van der Waals surface area contributed by atoms with Crippen molar-refractivity contribution in [3.8, 4) is 0 Å². The van der Waals surface area contributed by atoms with Gasteiger partial charge in [-0.15, -0.1) is 0 Å². The molecule has 0 spiro atoms. The minimum atomic E-state index is -2.98. The second kappa shape index (κ2) is 5.60. The molecule has 1 aromatic carbocycles. The van der Waals surface area contributed by atoms with Gasteiger partial charge < -0.3 is 4.90 Å². The quantitative estimate of drug-likeness (QED) is 0.618. The van der Waals surface area contributed by atoms with E-state index in [0.29, 0.717) is 28.5 Å². The van der Waals surface area contributed by atoms with E-state index >= 15 is 0 Å². The molecule has 4 rings (SSSR count). The van der Waals surface area contributed by atoms with E-state index in [1.54, 1.807) is 25.2 Å². The summed E-state index contributed by atoms with van der Waals surface area (Å²) in [6.45, 7) is 0.170. The van der Waals surface area contributed by atoms with Gasteiger partial charge in [-0.05, 0) is 31.7 Å². The molecule has 0 saturated carbocycles. The molecule has 1 saturated heterocycles. The molecular formula is C17H17BrF2N4O. The zero-order chi connectivity index (χ0) is 17.9. The topological polar surface area (TPSA) is 43.1 Å². The van der Waals surface area contributed by atoms with Crippen LogP contribution >= 0.6 is 15.9 Å². The average molecular weight is 411 g/mol. The molecule has 8 heteroatoms. The van der Waals surface area contributed by atoms with Crippen molar-refractivity contribution in [2.24, 2.45) is 7.05 Å². The number of nitrogens with zero attached hydrogens (tertiary/aromatic N) is 4. The molecular weight excluding hydrogens is 394 g/mol. The van der Waals surface area contributed by atoms with Crippen LogP contribution in [0.25, 0.3) is 21.9 Å². The smallest absolute Gasteiger partial charge is 0.300 e. The highest BCUT2D eigenvalue weighted by atomic mass is 79.9. The van der Waals surface area contributed by atoms with E-state index in [1.807, 2.05) is 18.2 Å². The molecule has 0 amide bonds. The number of imidazole rings is 1. The molecule has 1 aliphatic rings. The van der Waals surface area contributed by atoms with Gasteiger partial charge in [0.2, 0.25) is 0 Å². The summed E-state index contributed by atoms with van der Waals surface area (Å²) < 4.78 is 33.0. The fourth-order valence-corrected chi connectivity index (χ4v) is 4.07. The Labute approximate surface area is 151 Å². The number of rotatable bonds is 1. The Kier molecular flexibility index (Phi) is 3.73. The lowest BCUT2D eigenvalue weighted by Gasteiger charge is -2.37. The van der Waals surface area contributed by atoms with E-state index in [9.17, 15) is 13.6 Å². The highest BCUT2D eigenvalue weighted by molar-refractivity contribution is 9.10. The Bertz CT molecular complexity index is 1040. The van der Waals surface area contributed by atoms with Gasteiger partial charge in [0.15, 0.2) is 0 Å². The van der Waals surface area contributed by atoms with E-state index in [0.717, 1.165) is 4.47 Å². The van der Waals surface area contributed by atoms with Crippen molar-refractivity contribution in [3.63, 3.8) is 0 Å². The number of likely N-dealkylation sites (tertiary alicyclic amines) is 1. The third-order valence-corrected chi connectivity index (χ3v) is 5.43. The minimum absolute atomic E-state index is 0.223. The third-order valence-electron chi connectivity index (χ3n) is 4.94. The van der Waals surface area contributed by atoms with Gasteiger partial charge in [-0.3, -0.25) is 14.1 Å². The molecule has 132 valence electrons. The number of aryl methyl sites for hydroxylation is 1. The van der Waals surface area contributed by atoms with Gasteiger partial charge in [-0.25, -0.2) is 13.6 Å². The summed E-state index contributed by atoms with van der Waals surface area (Å²) in [5.41, 5.74) is 1.32. The zero-order valence-electron chi connectivity index (χ0n) is 13.8. The SMILES string of the molecule is CN1CCC(n2c(=O)n(C)c3cnc4ccc(Br)cc4c32)C(F)(F)C1. The lowest BCUT2D eigenvalue weighted by atomic mass is 10.0. The molecule has 1 unspecified atom stereocenters. The van der Waals surface area contributed by atoms with Crippen molar-refractivity contribution in [2.45, 2.75) is 18.4 Å². The predicted octanol–water partition coefficient (Wildman–Crippen LogP) is 3.16. The number of hydrogen-bond donors (Lipinski definition) is 0. The van der Waals surface area contributed by atoms with Gasteiger partial charge in [0.1, 0.15) is 6.04 Å². The van der Waals surface area contributed by atoms with E-state index in [4.69, 9.17) is 0 Å². The Morgan fingerprint density at radius 3 is 2.80 bits per heavy atom. The van der Waals surface area contributed by atoms with Crippen molar-refractivity contribution >= 4 is 37.9 Å². The van der Waals surface area contributed by atoms with Gasteiger partial charge in [0.25, 0.3) is 5.92 Å². The second-order valence-electron chi connectivity index (χ2n) is 6.67. The Morgan fingerprint density at radius 1 is 1.32 bits per heavy atom. The first kappa shape index (κ1) is 16.7. The van der Waals surface area contributed by atoms with Gasteiger partial charge >= 0.3 is 5.69 Å². The average Bonchev–Trinajstić information content (AvgIpc) is 2.79. The first-order chi connectivity index (χ1) is 11.8. The van der Waals surface area contributed by atoms with E-state index < -0.39 is 17.7 Å². The molecule has 1 aliphatic heterocycles. The molecule has 0 radical (unpaired) electrons. The van der Waals surface area contributed by atoms with Gasteiger partial charge in [-0.2, -0.15) is 0 Å². The molecule has 3 heterocycles. The summed E-state index contributed by atoms with van der Waals surface area (Å²) in [7, 11) is 3.27. The Balaban J connectivity index is 2.08. The standard InChI is InChI=1S/C17H17BrF2N4O/c1-22-6-5-14(17(19,20)9-22)24-15-11-7-10(18)3-4-12(11)21-8-13(15)23(2)16(24)25/h3-4,7-8,14H,5-6,9H2,1-2H3. The third kappa shape index (κ3) is 2.50. The summed E-state index contributed by atoms with van der Waals surface area (Å²) in [5, 5.41) is 0.694. The summed E-state index contributed by atoms with van der Waals surface area (Å²) in [4.78, 5) is 18.8. The lowest BCUT2D eigenvalue weighted by molar-refractivity contribution is -0.0977. The number of alkyl halides is 2. The van der Waals surface area contributed by atoms with Gasteiger partial charge in [0, 0.05) is 23.5 Å². The van der Waals surface area contributed by atoms with Crippen molar-refractivity contribution in [3.05, 3.63) is 39.4 Å². The van der Waals surface area contributed by atoms with Crippen LogP contribution in [0.3, 0.4) is 0 Å². The molecule has 1 fully saturated rings. The second-order valence-corrected chi connectivity index (χ2v) is 7.58. The molecule has 0 N–H and O–H groups in total. The first-order valence-corrected chi connectivity index (χ1v) is 8.80. The van der Waals surface area contributed by atoms with E-state index in [2.05, 4.69) is 20.9 Å². The summed E-state index contributed by atoms with van der Waals surface area (Å²) >= 11 is 3.42. The van der Waals surface area contributed by atoms with Crippen LogP contribution in [0.5, 0.6) is 0 Å². The highest BCUT2D eigenvalue weighted by Crippen LogP contribution is 2.38. The minimum Gasteiger partial charge on any atom is -0.300 e. The predicted molar refractivity (Wildman–Crippen MR) is 96.3 cm³/mol. The molecule has 5 nitrogen and oxygen atoms in total. The van der Waals surface area contributed by atoms with Gasteiger partial charge in [-0.1, -0.05) is 15.9 Å². The van der Waals surface area contributed by atoms with Crippen LogP contribution in [0, 0.1) is 0 Å². The number of piperidine rings is 1. The molecule has 1 atom stereocenters. The highest BCUT2D eigenvalue weighted by Gasteiger charge is 2.46. The summed E-state index contributed by atoms with van der Waals surface area (Å²) in [6, 6.07) is 4.32. The van der Waals surface area contributed by atoms with Crippen molar-refractivity contribution < 1.29 is 8.78 Å². The van der Waals surface area contributed by atoms with Crippen LogP contribution in [0.4, 0.5) is 8.78 Å². The van der Waals surface area contributed by atoms with Crippen LogP contribution in [-0.2, 0) is 7.05 Å². The number of fused-ring (bicyclic) bond motifs is 3. The van der Waals surface area contributed by atoms with Crippen molar-refractivity contribution in [1.82, 2.24) is 19.0 Å². The fourth-order valence-electron chi connectivity index (χ4n) is 3.70. The number of halogens is 3. The van der Waals surface area contributed by atoms with E-state index in [-0.39, 0.29) is 13.0 Å². The number of benzene rings is 1. The largest absolute Gasteiger partial charge is 0.329 e. The van der Waals surface area contributed by atoms with Gasteiger partial charge in [0.05, 0.1) is 29.3 Å². The van der Waals surface area contributed by atoms with E-state index in [1.165, 1.54) is 9.13 Å². The van der Waals surface area contributed by atoms with Crippen LogP contribution in [0.15, 0.2) is 33.7 Å². The molecule has 25 heavy (non-hydrogen) atoms. The van der Waals surface area contributed by atoms with Crippen LogP contribution in [0.2, 0.25) is 0 Å². The number of aromatic nitrogens is 3. The van der Waals surface area contributed by atoms with Crippen molar-refractivity contribution in [1.29, 1.82) is 0 Å². The molecule has 0 bridgehead atoms. The van der Waals surface area contributed by atoms with Crippen LogP contribution < -0.4 is 5.69 Å². The molecule has 3 aromatic rings. The maximum atomic E-state index is 14.8. The normalized spacial score (nSPS) is 21.2. The summed E-state index contributed by atoms with van der Waals surface area (Å²) in [5.74, 6) is -2.98. The monoisotopic (exact) mass is 410 g/mol. The molecule has 0 aliphatic carbocycles. The zero-order valence-corrected chi connectivity index (χ0v) is 15.4. The Morgan fingerprint density at radius 2 is 2.08 bits per heavy atom. The lowest BCUT2D eigenvalue weighted by Crippen LogP contribution is -2.49. The number of hydrogen-bond acceptors (Lipinski definition) is 3. The maximum Gasteiger partial charge on any atom is 0.329 e. The molecule has 2 aromatic heterocycles. The fraction of sp³-hybridized carbons (Fsp3) is 0.412. The number of pyridine rings is 1. The van der Waals surface area contributed by atoms with Crippen LogP contribution in [0.1, 0.15) is 12.5 Å². The maximum absolute atomic E-state index is 14.8. The van der Waals surface area contributed by atoms with Crippen molar-refractivity contribution in [2.75, 3.05) is 20.1 Å². The van der Waals surface area contributed by atoms with Crippen LogP contribution in [-0.4, -0.2) is 45.1 Å². The summed E-state index contributed by atoms with van der Waals surface area (Å²) in [6.07, 6.45) is 1.80. The Hall–Kier alpha value is -1.80.